The van der Waals surface area contributed by atoms with Gasteiger partial charge in [-0.25, -0.2) is 0 Å². The second-order valence-corrected chi connectivity index (χ2v) is 4.28. The zero-order chi connectivity index (χ0) is 9.90. The van der Waals surface area contributed by atoms with Crippen LogP contribution < -0.4 is 0 Å². The van der Waals surface area contributed by atoms with Gasteiger partial charge in [0.25, 0.3) is 0 Å². The van der Waals surface area contributed by atoms with E-state index in [9.17, 15) is 0 Å². The molecule has 0 radical (unpaired) electrons. The molecule has 0 atom stereocenters. The van der Waals surface area contributed by atoms with Crippen LogP contribution >= 0.6 is 0 Å². The van der Waals surface area contributed by atoms with Gasteiger partial charge in [-0.2, -0.15) is 0 Å². The van der Waals surface area contributed by atoms with Gasteiger partial charge in [0.05, 0.1) is 0 Å². The minimum absolute atomic E-state index is 0.207. The lowest BCUT2D eigenvalue weighted by Gasteiger charge is -2.19. The van der Waals surface area contributed by atoms with E-state index in [1.54, 1.807) is 0 Å². The third kappa shape index (κ3) is 2.69. The second kappa shape index (κ2) is 3.73. The highest BCUT2D eigenvalue weighted by Crippen LogP contribution is 2.21. The minimum Gasteiger partial charge on any atom is -0.261 e. The van der Waals surface area contributed by atoms with Crippen LogP contribution in [0.3, 0.4) is 0 Å². The van der Waals surface area contributed by atoms with Crippen molar-refractivity contribution in [3.63, 3.8) is 0 Å². The average molecular weight is 175 g/mol. The predicted molar refractivity (Wildman–Crippen MR) is 56.8 cm³/mol. The maximum Gasteiger partial charge on any atom is 0.0444 e. The summed E-state index contributed by atoms with van der Waals surface area (Å²) in [6.45, 7) is 10.3. The van der Waals surface area contributed by atoms with Crippen molar-refractivity contribution in [2.75, 3.05) is 0 Å². The molecule has 0 fully saturated rings. The van der Waals surface area contributed by atoms with Gasteiger partial charge in [0.1, 0.15) is 0 Å². The molecule has 0 aliphatic carbocycles. The lowest BCUT2D eigenvalue weighted by Crippen LogP contribution is -2.11. The molecular weight excluding hydrogens is 158 g/mol. The summed E-state index contributed by atoms with van der Waals surface area (Å²) in [5, 5.41) is 0. The van der Waals surface area contributed by atoms with Gasteiger partial charge in [-0.1, -0.05) is 26.8 Å². The first-order valence-electron chi connectivity index (χ1n) is 4.60. The monoisotopic (exact) mass is 175 g/mol. The van der Waals surface area contributed by atoms with Crippen molar-refractivity contribution in [1.82, 2.24) is 4.98 Å². The van der Waals surface area contributed by atoms with Crippen molar-refractivity contribution in [2.45, 2.75) is 32.6 Å². The smallest absolute Gasteiger partial charge is 0.0444 e. The standard InChI is InChI=1S/C12H17N/c1-5-6-11-9-10(7-8-13-11)12(2,3)4/h5,7-9H,1,6H2,2-4H3. The Bertz CT molecular complexity index is 294. The maximum absolute atomic E-state index is 4.27. The Morgan fingerprint density at radius 1 is 1.46 bits per heavy atom. The number of hydrogen-bond donors (Lipinski definition) is 0. The Labute approximate surface area is 80.5 Å². The number of pyridine rings is 1. The first-order valence-corrected chi connectivity index (χ1v) is 4.60. The number of nitrogens with zero attached hydrogens (tertiary/aromatic N) is 1. The molecule has 1 aromatic heterocycles. The van der Waals surface area contributed by atoms with Gasteiger partial charge >= 0.3 is 0 Å². The Kier molecular flexibility index (Phi) is 2.86. The van der Waals surface area contributed by atoms with E-state index < -0.39 is 0 Å². The molecular formula is C12H17N. The van der Waals surface area contributed by atoms with Crippen molar-refractivity contribution in [2.24, 2.45) is 0 Å². The Morgan fingerprint density at radius 3 is 2.69 bits per heavy atom. The van der Waals surface area contributed by atoms with Crippen molar-refractivity contribution >= 4 is 0 Å². The first kappa shape index (κ1) is 9.97. The maximum atomic E-state index is 4.27. The third-order valence-corrected chi connectivity index (χ3v) is 2.04. The van der Waals surface area contributed by atoms with E-state index in [4.69, 9.17) is 0 Å². The number of rotatable bonds is 2. The van der Waals surface area contributed by atoms with Crippen LogP contribution in [-0.2, 0) is 11.8 Å². The summed E-state index contributed by atoms with van der Waals surface area (Å²) in [4.78, 5) is 4.27. The van der Waals surface area contributed by atoms with Gasteiger partial charge in [-0.05, 0) is 23.1 Å². The van der Waals surface area contributed by atoms with Gasteiger partial charge in [0.15, 0.2) is 0 Å². The normalized spacial score (nSPS) is 11.3. The van der Waals surface area contributed by atoms with Crippen LogP contribution in [0.5, 0.6) is 0 Å². The SMILES string of the molecule is C=CCc1cc(C(C)(C)C)ccn1. The van der Waals surface area contributed by atoms with E-state index in [1.165, 1.54) is 5.56 Å². The van der Waals surface area contributed by atoms with Crippen LogP contribution in [0.1, 0.15) is 32.0 Å². The van der Waals surface area contributed by atoms with E-state index in [1.807, 2.05) is 12.3 Å². The fourth-order valence-corrected chi connectivity index (χ4v) is 1.20. The fraction of sp³-hybridized carbons (Fsp3) is 0.417. The predicted octanol–water partition coefficient (Wildman–Crippen LogP) is 3.11. The molecule has 0 N–H and O–H groups in total. The van der Waals surface area contributed by atoms with Crippen molar-refractivity contribution < 1.29 is 0 Å². The molecule has 70 valence electrons. The molecule has 0 amide bonds. The van der Waals surface area contributed by atoms with E-state index >= 15 is 0 Å². The molecule has 1 aromatic rings. The van der Waals surface area contributed by atoms with E-state index in [2.05, 4.69) is 44.5 Å². The van der Waals surface area contributed by atoms with Crippen LogP contribution in [0.15, 0.2) is 31.0 Å². The second-order valence-electron chi connectivity index (χ2n) is 4.28. The summed E-state index contributed by atoms with van der Waals surface area (Å²) in [5.41, 5.74) is 2.64. The molecule has 0 aliphatic rings. The molecule has 0 saturated heterocycles. The van der Waals surface area contributed by atoms with Crippen LogP contribution in [-0.4, -0.2) is 4.98 Å². The Balaban J connectivity index is 2.98. The van der Waals surface area contributed by atoms with Crippen molar-refractivity contribution in [3.05, 3.63) is 42.2 Å². The first-order chi connectivity index (χ1) is 6.04. The molecule has 0 aliphatic heterocycles. The molecule has 0 bridgehead atoms. The fourth-order valence-electron chi connectivity index (χ4n) is 1.20. The largest absolute Gasteiger partial charge is 0.261 e. The molecule has 1 heterocycles. The lowest BCUT2D eigenvalue weighted by molar-refractivity contribution is 0.588. The van der Waals surface area contributed by atoms with Crippen LogP contribution in [0.4, 0.5) is 0 Å². The van der Waals surface area contributed by atoms with Crippen LogP contribution in [0, 0.1) is 0 Å². The van der Waals surface area contributed by atoms with Gasteiger partial charge in [-0.15, -0.1) is 6.58 Å². The van der Waals surface area contributed by atoms with Gasteiger partial charge in [0.2, 0.25) is 0 Å². The zero-order valence-electron chi connectivity index (χ0n) is 8.67. The quantitative estimate of drug-likeness (QED) is 0.629. The Morgan fingerprint density at radius 2 is 2.15 bits per heavy atom. The summed E-state index contributed by atoms with van der Waals surface area (Å²) in [6.07, 6.45) is 4.61. The number of hydrogen-bond acceptors (Lipinski definition) is 1. The number of aromatic nitrogens is 1. The summed E-state index contributed by atoms with van der Waals surface area (Å²) in [6, 6.07) is 4.23. The zero-order valence-corrected chi connectivity index (χ0v) is 8.67. The highest BCUT2D eigenvalue weighted by molar-refractivity contribution is 5.24. The van der Waals surface area contributed by atoms with E-state index in [-0.39, 0.29) is 5.41 Å². The molecule has 0 unspecified atom stereocenters. The highest BCUT2D eigenvalue weighted by atomic mass is 14.7. The van der Waals surface area contributed by atoms with E-state index in [0.717, 1.165) is 12.1 Å². The Hall–Kier alpha value is -1.11. The van der Waals surface area contributed by atoms with Crippen LogP contribution in [0.2, 0.25) is 0 Å². The van der Waals surface area contributed by atoms with Crippen molar-refractivity contribution in [3.8, 4) is 0 Å². The van der Waals surface area contributed by atoms with Gasteiger partial charge in [-0.3, -0.25) is 4.98 Å². The summed E-state index contributed by atoms with van der Waals surface area (Å²) >= 11 is 0. The summed E-state index contributed by atoms with van der Waals surface area (Å²) in [5.74, 6) is 0. The molecule has 0 saturated carbocycles. The third-order valence-electron chi connectivity index (χ3n) is 2.04. The highest BCUT2D eigenvalue weighted by Gasteiger charge is 2.13. The van der Waals surface area contributed by atoms with Gasteiger partial charge < -0.3 is 0 Å². The van der Waals surface area contributed by atoms with Crippen LogP contribution in [0.25, 0.3) is 0 Å². The molecule has 1 rings (SSSR count). The summed E-state index contributed by atoms with van der Waals surface area (Å²) in [7, 11) is 0. The molecule has 0 spiro atoms. The molecule has 1 nitrogen and oxygen atoms in total. The van der Waals surface area contributed by atoms with Gasteiger partial charge in [0, 0.05) is 18.3 Å². The topological polar surface area (TPSA) is 12.9 Å². The lowest BCUT2D eigenvalue weighted by atomic mass is 9.87. The average Bonchev–Trinajstić information content (AvgIpc) is 2.04. The molecule has 1 heteroatoms. The van der Waals surface area contributed by atoms with Crippen molar-refractivity contribution in [1.29, 1.82) is 0 Å². The summed E-state index contributed by atoms with van der Waals surface area (Å²) < 4.78 is 0. The molecule has 13 heavy (non-hydrogen) atoms. The minimum atomic E-state index is 0.207. The molecule has 0 aromatic carbocycles. The van der Waals surface area contributed by atoms with E-state index in [0.29, 0.717) is 0 Å². The number of allylic oxidation sites excluding steroid dienone is 1.